The molecule has 2 aromatic carbocycles. The molecule has 2 rings (SSSR count). The summed E-state index contributed by atoms with van der Waals surface area (Å²) in [6.07, 6.45) is 0. The molecule has 0 aromatic heterocycles. The molecule has 2 nitrogen and oxygen atoms in total. The third-order valence-corrected chi connectivity index (χ3v) is 3.72. The van der Waals surface area contributed by atoms with Gasteiger partial charge < -0.3 is 10.1 Å². The summed E-state index contributed by atoms with van der Waals surface area (Å²) in [5.41, 5.74) is 2.45. The van der Waals surface area contributed by atoms with E-state index in [4.69, 9.17) is 16.3 Å². The van der Waals surface area contributed by atoms with Gasteiger partial charge in [0, 0.05) is 10.6 Å². The average Bonchev–Trinajstić information content (AvgIpc) is 2.48. The molecule has 0 radical (unpaired) electrons. The van der Waals surface area contributed by atoms with E-state index in [9.17, 15) is 4.39 Å². The number of hydrogen-bond donors (Lipinski definition) is 1. The minimum Gasteiger partial charge on any atom is -0.497 e. The minimum atomic E-state index is -0.284. The standard InChI is InChI=1S/C17H19ClFNO/c1-4-20-17(14-9-11(2)5-8-16(14)19)13-7-6-12(21-3)10-15(13)18/h5-10,17,20H,4H2,1-3H3. The second-order valence-electron chi connectivity index (χ2n) is 4.90. The molecule has 2 aromatic rings. The van der Waals surface area contributed by atoms with E-state index in [2.05, 4.69) is 5.32 Å². The van der Waals surface area contributed by atoms with E-state index in [1.807, 2.05) is 32.0 Å². The van der Waals surface area contributed by atoms with Crippen LogP contribution in [0.1, 0.15) is 29.7 Å². The lowest BCUT2D eigenvalue weighted by molar-refractivity contribution is 0.414. The predicted octanol–water partition coefficient (Wildman–Crippen LogP) is 4.50. The van der Waals surface area contributed by atoms with Crippen LogP contribution in [0.4, 0.5) is 4.39 Å². The smallest absolute Gasteiger partial charge is 0.128 e. The van der Waals surface area contributed by atoms with Crippen molar-refractivity contribution in [2.45, 2.75) is 19.9 Å². The molecule has 0 spiro atoms. The van der Waals surface area contributed by atoms with Gasteiger partial charge in [0.05, 0.1) is 13.2 Å². The first-order valence-electron chi connectivity index (χ1n) is 6.89. The molecule has 0 aliphatic rings. The highest BCUT2D eigenvalue weighted by atomic mass is 35.5. The quantitative estimate of drug-likeness (QED) is 0.878. The van der Waals surface area contributed by atoms with Crippen LogP contribution in [-0.2, 0) is 0 Å². The number of nitrogens with one attached hydrogen (secondary N) is 1. The maximum atomic E-state index is 14.2. The monoisotopic (exact) mass is 307 g/mol. The highest BCUT2D eigenvalue weighted by Gasteiger charge is 2.20. The number of hydrogen-bond acceptors (Lipinski definition) is 2. The van der Waals surface area contributed by atoms with Gasteiger partial charge in [-0.1, -0.05) is 42.3 Å². The highest BCUT2D eigenvalue weighted by Crippen LogP contribution is 2.32. The summed E-state index contributed by atoms with van der Waals surface area (Å²) in [7, 11) is 1.59. The lowest BCUT2D eigenvalue weighted by Crippen LogP contribution is -2.23. The Hall–Kier alpha value is -1.58. The zero-order valence-electron chi connectivity index (χ0n) is 12.4. The Kier molecular flexibility index (Phi) is 5.21. The van der Waals surface area contributed by atoms with Crippen molar-refractivity contribution in [3.63, 3.8) is 0 Å². The molecule has 0 fully saturated rings. The third kappa shape index (κ3) is 3.55. The molecule has 0 aliphatic carbocycles. The fourth-order valence-electron chi connectivity index (χ4n) is 2.34. The van der Waals surface area contributed by atoms with Gasteiger partial charge in [-0.15, -0.1) is 0 Å². The number of methoxy groups -OCH3 is 1. The molecule has 112 valence electrons. The van der Waals surface area contributed by atoms with Crippen molar-refractivity contribution in [1.82, 2.24) is 5.32 Å². The molecule has 21 heavy (non-hydrogen) atoms. The second-order valence-corrected chi connectivity index (χ2v) is 5.31. The number of aryl methyl sites for hydroxylation is 1. The number of benzene rings is 2. The Morgan fingerprint density at radius 1 is 1.19 bits per heavy atom. The van der Waals surface area contributed by atoms with E-state index >= 15 is 0 Å². The van der Waals surface area contributed by atoms with Crippen LogP contribution in [-0.4, -0.2) is 13.7 Å². The van der Waals surface area contributed by atoms with Gasteiger partial charge in [-0.2, -0.15) is 0 Å². The van der Waals surface area contributed by atoms with Crippen LogP contribution in [0.2, 0.25) is 5.02 Å². The van der Waals surface area contributed by atoms with E-state index in [0.717, 1.165) is 11.1 Å². The van der Waals surface area contributed by atoms with E-state index in [0.29, 0.717) is 22.9 Å². The highest BCUT2D eigenvalue weighted by molar-refractivity contribution is 6.31. The Morgan fingerprint density at radius 2 is 1.95 bits per heavy atom. The Bertz CT molecular complexity index is 630. The fraction of sp³-hybridized carbons (Fsp3) is 0.294. The molecule has 0 heterocycles. The predicted molar refractivity (Wildman–Crippen MR) is 84.7 cm³/mol. The Labute approximate surface area is 129 Å². The largest absolute Gasteiger partial charge is 0.497 e. The summed E-state index contributed by atoms with van der Waals surface area (Å²) < 4.78 is 19.4. The van der Waals surface area contributed by atoms with Gasteiger partial charge in [-0.25, -0.2) is 4.39 Å². The number of ether oxygens (including phenoxy) is 1. The van der Waals surface area contributed by atoms with E-state index in [-0.39, 0.29) is 11.9 Å². The first-order valence-corrected chi connectivity index (χ1v) is 7.27. The minimum absolute atomic E-state index is 0.238. The van der Waals surface area contributed by atoms with Crippen molar-refractivity contribution in [1.29, 1.82) is 0 Å². The van der Waals surface area contributed by atoms with E-state index in [1.54, 1.807) is 19.2 Å². The van der Waals surface area contributed by atoms with Crippen molar-refractivity contribution in [2.75, 3.05) is 13.7 Å². The molecule has 0 bridgehead atoms. The van der Waals surface area contributed by atoms with Crippen LogP contribution >= 0.6 is 11.6 Å². The van der Waals surface area contributed by atoms with Gasteiger partial charge in [-0.3, -0.25) is 0 Å². The molecule has 1 unspecified atom stereocenters. The zero-order valence-corrected chi connectivity index (χ0v) is 13.2. The van der Waals surface area contributed by atoms with Crippen molar-refractivity contribution < 1.29 is 9.13 Å². The topological polar surface area (TPSA) is 21.3 Å². The third-order valence-electron chi connectivity index (χ3n) is 3.39. The van der Waals surface area contributed by atoms with E-state index in [1.165, 1.54) is 6.07 Å². The molecule has 0 saturated carbocycles. The van der Waals surface area contributed by atoms with Crippen molar-refractivity contribution >= 4 is 11.6 Å². The van der Waals surface area contributed by atoms with Crippen LogP contribution < -0.4 is 10.1 Å². The maximum Gasteiger partial charge on any atom is 0.128 e. The van der Waals surface area contributed by atoms with Crippen LogP contribution in [0.3, 0.4) is 0 Å². The molecule has 0 saturated heterocycles. The first-order chi connectivity index (χ1) is 10.1. The van der Waals surface area contributed by atoms with Crippen LogP contribution in [0.15, 0.2) is 36.4 Å². The lowest BCUT2D eigenvalue weighted by Gasteiger charge is -2.21. The van der Waals surface area contributed by atoms with Gasteiger partial charge in [0.25, 0.3) is 0 Å². The Morgan fingerprint density at radius 3 is 2.57 bits per heavy atom. The van der Waals surface area contributed by atoms with Crippen molar-refractivity contribution in [3.8, 4) is 5.75 Å². The summed E-state index contributed by atoms with van der Waals surface area (Å²) >= 11 is 6.34. The molecular formula is C17H19ClFNO. The molecule has 1 N–H and O–H groups in total. The number of rotatable bonds is 5. The first kappa shape index (κ1) is 15.8. The SMILES string of the molecule is CCNC(c1cc(C)ccc1F)c1ccc(OC)cc1Cl. The number of halogens is 2. The second kappa shape index (κ2) is 6.92. The lowest BCUT2D eigenvalue weighted by atomic mass is 9.96. The summed E-state index contributed by atoms with van der Waals surface area (Å²) in [6, 6.07) is 10.3. The normalized spacial score (nSPS) is 12.2. The maximum absolute atomic E-state index is 14.2. The van der Waals surface area contributed by atoms with Gasteiger partial charge in [0.2, 0.25) is 0 Å². The molecule has 0 aliphatic heterocycles. The van der Waals surface area contributed by atoms with Gasteiger partial charge in [0.1, 0.15) is 11.6 Å². The molecule has 0 amide bonds. The summed E-state index contributed by atoms with van der Waals surface area (Å²) in [6.45, 7) is 4.64. The van der Waals surface area contributed by atoms with Crippen molar-refractivity contribution in [2.24, 2.45) is 0 Å². The van der Waals surface area contributed by atoms with Crippen LogP contribution in [0.25, 0.3) is 0 Å². The molecule has 1 atom stereocenters. The molecule has 4 heteroatoms. The fourth-order valence-corrected chi connectivity index (χ4v) is 2.62. The van der Waals surface area contributed by atoms with Gasteiger partial charge in [-0.05, 0) is 37.2 Å². The molecular weight excluding hydrogens is 289 g/mol. The summed E-state index contributed by atoms with van der Waals surface area (Å²) in [4.78, 5) is 0. The van der Waals surface area contributed by atoms with Crippen molar-refractivity contribution in [3.05, 3.63) is 63.9 Å². The van der Waals surface area contributed by atoms with E-state index < -0.39 is 0 Å². The summed E-state index contributed by atoms with van der Waals surface area (Å²) in [5, 5.41) is 3.85. The van der Waals surface area contributed by atoms with Crippen LogP contribution in [0.5, 0.6) is 5.75 Å². The average molecular weight is 308 g/mol. The zero-order chi connectivity index (χ0) is 15.4. The van der Waals surface area contributed by atoms with Gasteiger partial charge in [0.15, 0.2) is 0 Å². The Balaban J connectivity index is 2.50. The van der Waals surface area contributed by atoms with Crippen LogP contribution in [0, 0.1) is 12.7 Å². The summed E-state index contributed by atoms with van der Waals surface area (Å²) in [5.74, 6) is 0.446. The van der Waals surface area contributed by atoms with Gasteiger partial charge >= 0.3 is 0 Å².